The molecule has 0 fully saturated rings. The van der Waals surface area contributed by atoms with Gasteiger partial charge in [-0.15, -0.1) is 0 Å². The minimum absolute atomic E-state index is 0.114. The number of hydrogen-bond donors (Lipinski definition) is 1. The molecule has 2 N–H and O–H groups in total. The van der Waals surface area contributed by atoms with Crippen LogP contribution in [0.3, 0.4) is 0 Å². The summed E-state index contributed by atoms with van der Waals surface area (Å²) in [5.74, 6) is 0. The summed E-state index contributed by atoms with van der Waals surface area (Å²) in [4.78, 5) is 4.61. The maximum Gasteiger partial charge on any atom is 0.0630 e. The number of hydrogen-bond acceptors (Lipinski definition) is 2. The van der Waals surface area contributed by atoms with Gasteiger partial charge in [0.15, 0.2) is 0 Å². The second-order valence-electron chi connectivity index (χ2n) is 8.35. The second kappa shape index (κ2) is 5.77. The molecule has 0 unspecified atom stereocenters. The van der Waals surface area contributed by atoms with E-state index < -0.39 is 0 Å². The molecular formula is C22H28N2. The van der Waals surface area contributed by atoms with Gasteiger partial charge in [-0.05, 0) is 53.9 Å². The number of nitrogen functional groups attached to an aromatic ring is 1. The molecule has 0 aromatic heterocycles. The average molecular weight is 320 g/mol. The number of benzene rings is 2. The van der Waals surface area contributed by atoms with Gasteiger partial charge in [0.05, 0.1) is 5.69 Å². The van der Waals surface area contributed by atoms with E-state index >= 15 is 0 Å². The molecule has 2 aromatic carbocycles. The standard InChI is InChI=1S/C22H28N2/c1-15-6-9-17(10-7-15)24-14-16-8-11-18-19(20(16)23)22(4,5)13-12-21(18,2)3/h6-11,14H,12-13,23H2,1-5H3. The van der Waals surface area contributed by atoms with E-state index in [1.54, 1.807) is 0 Å². The van der Waals surface area contributed by atoms with Crippen molar-refractivity contribution in [2.45, 2.75) is 58.3 Å². The summed E-state index contributed by atoms with van der Waals surface area (Å²) < 4.78 is 0. The summed E-state index contributed by atoms with van der Waals surface area (Å²) in [5, 5.41) is 0. The van der Waals surface area contributed by atoms with E-state index in [1.165, 1.54) is 23.1 Å². The van der Waals surface area contributed by atoms with Crippen LogP contribution in [0.5, 0.6) is 0 Å². The Labute approximate surface area is 145 Å². The van der Waals surface area contributed by atoms with Crippen LogP contribution in [0.4, 0.5) is 11.4 Å². The molecule has 1 aliphatic rings. The van der Waals surface area contributed by atoms with Crippen molar-refractivity contribution >= 4 is 17.6 Å². The lowest BCUT2D eigenvalue weighted by Gasteiger charge is -2.42. The largest absolute Gasteiger partial charge is 0.398 e. The molecule has 0 radical (unpaired) electrons. The number of aliphatic imine (C=N–C) groups is 1. The molecule has 0 saturated heterocycles. The molecule has 24 heavy (non-hydrogen) atoms. The number of nitrogens with zero attached hydrogens (tertiary/aromatic N) is 1. The molecule has 0 amide bonds. The summed E-state index contributed by atoms with van der Waals surface area (Å²) in [7, 11) is 0. The quantitative estimate of drug-likeness (QED) is 0.561. The van der Waals surface area contributed by atoms with Crippen LogP contribution in [0.2, 0.25) is 0 Å². The van der Waals surface area contributed by atoms with Gasteiger partial charge in [0, 0.05) is 17.5 Å². The first-order chi connectivity index (χ1) is 11.2. The molecule has 0 heterocycles. The van der Waals surface area contributed by atoms with Gasteiger partial charge in [-0.25, -0.2) is 0 Å². The summed E-state index contributed by atoms with van der Waals surface area (Å²) in [6.07, 6.45) is 4.26. The minimum atomic E-state index is 0.114. The van der Waals surface area contributed by atoms with Crippen molar-refractivity contribution in [2.75, 3.05) is 5.73 Å². The molecule has 2 nitrogen and oxygen atoms in total. The van der Waals surface area contributed by atoms with Crippen molar-refractivity contribution < 1.29 is 0 Å². The van der Waals surface area contributed by atoms with Crippen LogP contribution in [0.25, 0.3) is 0 Å². The Hall–Kier alpha value is -2.09. The lowest BCUT2D eigenvalue weighted by molar-refractivity contribution is 0.333. The highest BCUT2D eigenvalue weighted by Gasteiger charge is 2.38. The second-order valence-corrected chi connectivity index (χ2v) is 8.35. The fourth-order valence-corrected chi connectivity index (χ4v) is 3.70. The van der Waals surface area contributed by atoms with Crippen molar-refractivity contribution in [1.29, 1.82) is 0 Å². The zero-order chi connectivity index (χ0) is 17.5. The average Bonchev–Trinajstić information content (AvgIpc) is 2.52. The van der Waals surface area contributed by atoms with Crippen molar-refractivity contribution in [3.8, 4) is 0 Å². The molecule has 3 rings (SSSR count). The van der Waals surface area contributed by atoms with E-state index in [-0.39, 0.29) is 10.8 Å². The first-order valence-corrected chi connectivity index (χ1v) is 8.75. The van der Waals surface area contributed by atoms with E-state index in [0.29, 0.717) is 0 Å². The summed E-state index contributed by atoms with van der Waals surface area (Å²) in [6, 6.07) is 12.6. The van der Waals surface area contributed by atoms with E-state index in [9.17, 15) is 0 Å². The van der Waals surface area contributed by atoms with E-state index in [1.807, 2.05) is 18.3 Å². The van der Waals surface area contributed by atoms with Crippen LogP contribution in [0, 0.1) is 6.92 Å². The molecule has 0 bridgehead atoms. The zero-order valence-electron chi connectivity index (χ0n) is 15.5. The highest BCUT2D eigenvalue weighted by Crippen LogP contribution is 2.48. The third-order valence-corrected chi connectivity index (χ3v) is 5.45. The number of rotatable bonds is 2. The van der Waals surface area contributed by atoms with Gasteiger partial charge in [-0.1, -0.05) is 57.5 Å². The van der Waals surface area contributed by atoms with Gasteiger partial charge >= 0.3 is 0 Å². The van der Waals surface area contributed by atoms with E-state index in [4.69, 9.17) is 5.73 Å². The van der Waals surface area contributed by atoms with Crippen LogP contribution in [-0.2, 0) is 10.8 Å². The highest BCUT2D eigenvalue weighted by atomic mass is 14.7. The lowest BCUT2D eigenvalue weighted by Crippen LogP contribution is -2.35. The summed E-state index contributed by atoms with van der Waals surface area (Å²) in [6.45, 7) is 11.3. The Morgan fingerprint density at radius 3 is 2.21 bits per heavy atom. The third-order valence-electron chi connectivity index (χ3n) is 5.45. The van der Waals surface area contributed by atoms with Gasteiger partial charge in [-0.2, -0.15) is 0 Å². The SMILES string of the molecule is Cc1ccc(N=Cc2ccc3c(c2N)C(C)(C)CCC3(C)C)cc1. The predicted molar refractivity (Wildman–Crippen MR) is 105 cm³/mol. The third kappa shape index (κ3) is 2.98. The highest BCUT2D eigenvalue weighted by molar-refractivity contribution is 5.90. The van der Waals surface area contributed by atoms with Crippen molar-refractivity contribution in [1.82, 2.24) is 0 Å². The fraction of sp³-hybridized carbons (Fsp3) is 0.409. The molecule has 2 heteroatoms. The normalized spacial score (nSPS) is 18.5. The van der Waals surface area contributed by atoms with Crippen LogP contribution >= 0.6 is 0 Å². The fourth-order valence-electron chi connectivity index (χ4n) is 3.70. The van der Waals surface area contributed by atoms with Crippen LogP contribution in [0.15, 0.2) is 41.4 Å². The lowest BCUT2D eigenvalue weighted by atomic mass is 9.62. The summed E-state index contributed by atoms with van der Waals surface area (Å²) >= 11 is 0. The van der Waals surface area contributed by atoms with Crippen LogP contribution < -0.4 is 5.73 Å². The molecule has 2 aromatic rings. The molecule has 0 aliphatic heterocycles. The van der Waals surface area contributed by atoms with Gasteiger partial charge in [0.25, 0.3) is 0 Å². The van der Waals surface area contributed by atoms with Gasteiger partial charge in [0.1, 0.15) is 0 Å². The molecule has 0 spiro atoms. The monoisotopic (exact) mass is 320 g/mol. The Balaban J connectivity index is 2.04. The zero-order valence-corrected chi connectivity index (χ0v) is 15.5. The predicted octanol–water partition coefficient (Wildman–Crippen LogP) is 5.68. The molecule has 1 aliphatic carbocycles. The first-order valence-electron chi connectivity index (χ1n) is 8.75. The minimum Gasteiger partial charge on any atom is -0.398 e. The van der Waals surface area contributed by atoms with Crippen LogP contribution in [-0.4, -0.2) is 6.21 Å². The molecule has 0 saturated carbocycles. The molecule has 126 valence electrons. The number of fused-ring (bicyclic) bond motifs is 1. The summed E-state index contributed by atoms with van der Waals surface area (Å²) in [5.41, 5.74) is 13.7. The molecular weight excluding hydrogens is 292 g/mol. The molecule has 0 atom stereocenters. The first kappa shape index (κ1) is 16.8. The van der Waals surface area contributed by atoms with E-state index in [2.05, 4.69) is 63.9 Å². The van der Waals surface area contributed by atoms with Crippen LogP contribution in [0.1, 0.15) is 62.8 Å². The number of anilines is 1. The van der Waals surface area contributed by atoms with Crippen molar-refractivity contribution in [3.05, 3.63) is 58.7 Å². The van der Waals surface area contributed by atoms with Gasteiger partial charge in [0.2, 0.25) is 0 Å². The Morgan fingerprint density at radius 2 is 1.54 bits per heavy atom. The Kier molecular flexibility index (Phi) is 4.03. The topological polar surface area (TPSA) is 38.4 Å². The Morgan fingerprint density at radius 1 is 0.917 bits per heavy atom. The number of nitrogens with two attached hydrogens (primary N) is 1. The van der Waals surface area contributed by atoms with Crippen molar-refractivity contribution in [3.63, 3.8) is 0 Å². The van der Waals surface area contributed by atoms with Gasteiger partial charge < -0.3 is 5.73 Å². The smallest absolute Gasteiger partial charge is 0.0630 e. The van der Waals surface area contributed by atoms with Crippen molar-refractivity contribution in [2.24, 2.45) is 4.99 Å². The number of aryl methyl sites for hydroxylation is 1. The maximum atomic E-state index is 6.60. The maximum absolute atomic E-state index is 6.60. The van der Waals surface area contributed by atoms with E-state index in [0.717, 1.165) is 23.4 Å². The Bertz CT molecular complexity index is 780. The van der Waals surface area contributed by atoms with Gasteiger partial charge in [-0.3, -0.25) is 4.99 Å².